The number of hydrogen-bond acceptors (Lipinski definition) is 2. The highest BCUT2D eigenvalue weighted by atomic mass is 32.1. The van der Waals surface area contributed by atoms with E-state index in [2.05, 4.69) is 19.6 Å². The third kappa shape index (κ3) is 5.50. The van der Waals surface area contributed by atoms with Crippen molar-refractivity contribution in [1.29, 1.82) is 0 Å². The first-order valence-corrected chi connectivity index (χ1v) is 3.67. The van der Waals surface area contributed by atoms with E-state index in [1.54, 1.807) is 0 Å². The lowest BCUT2D eigenvalue weighted by molar-refractivity contribution is 1.18. The molecule has 0 unspecified atom stereocenters. The van der Waals surface area contributed by atoms with E-state index in [0.29, 0.717) is 0 Å². The summed E-state index contributed by atoms with van der Waals surface area (Å²) < 4.78 is 0. The van der Waals surface area contributed by atoms with Gasteiger partial charge in [0, 0.05) is 11.4 Å². The van der Waals surface area contributed by atoms with Gasteiger partial charge in [0.1, 0.15) is 0 Å². The van der Waals surface area contributed by atoms with Crippen molar-refractivity contribution in [2.45, 2.75) is 13.3 Å². The summed E-state index contributed by atoms with van der Waals surface area (Å²) in [5.74, 6) is 0.748. The van der Waals surface area contributed by atoms with E-state index in [1.807, 2.05) is 18.2 Å². The molecule has 0 aliphatic rings. The van der Waals surface area contributed by atoms with Crippen molar-refractivity contribution >= 4 is 12.6 Å². The first kappa shape index (κ1) is 8.63. The van der Waals surface area contributed by atoms with Crippen LogP contribution >= 0.6 is 12.6 Å². The normalized spacial score (nSPS) is 12.9. The average Bonchev–Trinajstić information content (AvgIpc) is 1.85. The van der Waals surface area contributed by atoms with Crippen molar-refractivity contribution in [1.82, 2.24) is 0 Å². The Balaban J connectivity index is 3.60. The summed E-state index contributed by atoms with van der Waals surface area (Å²) in [4.78, 5) is 0. The van der Waals surface area contributed by atoms with Crippen LogP contribution in [0, 0.1) is 0 Å². The van der Waals surface area contributed by atoms with Crippen molar-refractivity contribution < 1.29 is 0 Å². The molecule has 0 amide bonds. The van der Waals surface area contributed by atoms with E-state index in [0.717, 1.165) is 17.9 Å². The zero-order valence-corrected chi connectivity index (χ0v) is 6.57. The standard InChI is InChI=1S/C7H13NS/c1-2-4-7(8)5-3-6-9/h3-5,9H,2,6,8H2,1H3/b5-3-,7-4+. The Morgan fingerprint density at radius 1 is 1.67 bits per heavy atom. The Morgan fingerprint density at radius 2 is 2.33 bits per heavy atom. The molecule has 0 aromatic carbocycles. The van der Waals surface area contributed by atoms with Crippen molar-refractivity contribution in [3.63, 3.8) is 0 Å². The molecule has 0 saturated carbocycles. The molecule has 0 spiro atoms. The number of hydrogen-bond donors (Lipinski definition) is 2. The summed E-state index contributed by atoms with van der Waals surface area (Å²) >= 11 is 3.99. The number of thiol groups is 1. The Hall–Kier alpha value is -0.370. The molecule has 2 N–H and O–H groups in total. The van der Waals surface area contributed by atoms with Crippen molar-refractivity contribution in [3.05, 3.63) is 23.9 Å². The summed E-state index contributed by atoms with van der Waals surface area (Å²) in [5, 5.41) is 0. The molecule has 52 valence electrons. The average molecular weight is 143 g/mol. The second kappa shape index (κ2) is 5.76. The van der Waals surface area contributed by atoms with Gasteiger partial charge in [-0.25, -0.2) is 0 Å². The molecular formula is C7H13NS. The van der Waals surface area contributed by atoms with Crippen molar-refractivity contribution in [3.8, 4) is 0 Å². The third-order valence-corrected chi connectivity index (χ3v) is 1.07. The lowest BCUT2D eigenvalue weighted by Gasteiger charge is -1.87. The van der Waals surface area contributed by atoms with Gasteiger partial charge in [-0.15, -0.1) is 0 Å². The molecule has 0 radical (unpaired) electrons. The van der Waals surface area contributed by atoms with E-state index in [-0.39, 0.29) is 0 Å². The predicted octanol–water partition coefficient (Wildman–Crippen LogP) is 1.73. The molecule has 0 atom stereocenters. The highest BCUT2D eigenvalue weighted by Crippen LogP contribution is 1.89. The fourth-order valence-electron chi connectivity index (χ4n) is 0.493. The SMILES string of the molecule is CC/C=C(N)\C=C/CS. The zero-order valence-electron chi connectivity index (χ0n) is 5.67. The van der Waals surface area contributed by atoms with Crippen LogP contribution in [0.4, 0.5) is 0 Å². The van der Waals surface area contributed by atoms with Gasteiger partial charge >= 0.3 is 0 Å². The molecule has 0 saturated heterocycles. The van der Waals surface area contributed by atoms with Gasteiger partial charge in [-0.1, -0.05) is 19.1 Å². The summed E-state index contributed by atoms with van der Waals surface area (Å²) in [7, 11) is 0. The monoisotopic (exact) mass is 143 g/mol. The smallest absolute Gasteiger partial charge is 0.0270 e. The minimum absolute atomic E-state index is 0.748. The number of rotatable bonds is 3. The van der Waals surface area contributed by atoms with E-state index in [9.17, 15) is 0 Å². The van der Waals surface area contributed by atoms with Crippen LogP contribution in [0.5, 0.6) is 0 Å². The first-order valence-electron chi connectivity index (χ1n) is 3.04. The summed E-state index contributed by atoms with van der Waals surface area (Å²) in [6.45, 7) is 2.06. The van der Waals surface area contributed by atoms with Crippen LogP contribution in [0.2, 0.25) is 0 Å². The highest BCUT2D eigenvalue weighted by Gasteiger charge is 1.76. The zero-order chi connectivity index (χ0) is 7.11. The summed E-state index contributed by atoms with van der Waals surface area (Å²) in [6.07, 6.45) is 6.75. The van der Waals surface area contributed by atoms with E-state index < -0.39 is 0 Å². The summed E-state index contributed by atoms with van der Waals surface area (Å²) in [6, 6.07) is 0. The second-order valence-corrected chi connectivity index (χ2v) is 2.06. The molecule has 2 heteroatoms. The third-order valence-electron chi connectivity index (χ3n) is 0.856. The quantitative estimate of drug-likeness (QED) is 0.456. The summed E-state index contributed by atoms with van der Waals surface area (Å²) in [5.41, 5.74) is 6.34. The van der Waals surface area contributed by atoms with Crippen LogP contribution in [0.3, 0.4) is 0 Å². The largest absolute Gasteiger partial charge is 0.399 e. The maximum Gasteiger partial charge on any atom is 0.0270 e. The molecule has 0 heterocycles. The Kier molecular flexibility index (Phi) is 5.52. The van der Waals surface area contributed by atoms with Crippen LogP contribution in [-0.2, 0) is 0 Å². The fraction of sp³-hybridized carbons (Fsp3) is 0.429. The van der Waals surface area contributed by atoms with Crippen LogP contribution < -0.4 is 5.73 Å². The molecule has 9 heavy (non-hydrogen) atoms. The minimum Gasteiger partial charge on any atom is -0.399 e. The van der Waals surface area contributed by atoms with Gasteiger partial charge in [-0.3, -0.25) is 0 Å². The van der Waals surface area contributed by atoms with Gasteiger partial charge in [0.2, 0.25) is 0 Å². The molecule has 0 fully saturated rings. The Morgan fingerprint density at radius 3 is 2.78 bits per heavy atom. The Bertz CT molecular complexity index is 116. The van der Waals surface area contributed by atoms with Gasteiger partial charge in [0.15, 0.2) is 0 Å². The van der Waals surface area contributed by atoms with Gasteiger partial charge in [-0.05, 0) is 12.5 Å². The first-order chi connectivity index (χ1) is 4.31. The topological polar surface area (TPSA) is 26.0 Å². The molecule has 0 aromatic rings. The minimum atomic E-state index is 0.748. The number of nitrogens with two attached hydrogens (primary N) is 1. The second-order valence-electron chi connectivity index (χ2n) is 1.70. The lowest BCUT2D eigenvalue weighted by atomic mass is 10.3. The maximum absolute atomic E-state index is 5.51. The molecule has 0 aromatic heterocycles. The highest BCUT2D eigenvalue weighted by molar-refractivity contribution is 7.80. The predicted molar refractivity (Wildman–Crippen MR) is 45.6 cm³/mol. The van der Waals surface area contributed by atoms with Crippen LogP contribution in [0.15, 0.2) is 23.9 Å². The molecular weight excluding hydrogens is 130 g/mol. The fourth-order valence-corrected chi connectivity index (χ4v) is 0.598. The van der Waals surface area contributed by atoms with Gasteiger partial charge < -0.3 is 5.73 Å². The maximum atomic E-state index is 5.51. The molecule has 1 nitrogen and oxygen atoms in total. The van der Waals surface area contributed by atoms with Gasteiger partial charge in [0.25, 0.3) is 0 Å². The molecule has 0 rings (SSSR count). The number of allylic oxidation sites excluding steroid dienone is 2. The lowest BCUT2D eigenvalue weighted by Crippen LogP contribution is -1.91. The van der Waals surface area contributed by atoms with Gasteiger partial charge in [-0.2, -0.15) is 12.6 Å². The van der Waals surface area contributed by atoms with Crippen molar-refractivity contribution in [2.24, 2.45) is 5.73 Å². The van der Waals surface area contributed by atoms with Crippen LogP contribution in [-0.4, -0.2) is 5.75 Å². The van der Waals surface area contributed by atoms with Crippen LogP contribution in [0.25, 0.3) is 0 Å². The van der Waals surface area contributed by atoms with Crippen LogP contribution in [0.1, 0.15) is 13.3 Å². The van der Waals surface area contributed by atoms with E-state index >= 15 is 0 Å². The molecule has 0 bridgehead atoms. The molecule has 0 aliphatic heterocycles. The van der Waals surface area contributed by atoms with Gasteiger partial charge in [0.05, 0.1) is 0 Å². The van der Waals surface area contributed by atoms with E-state index in [1.165, 1.54) is 0 Å². The van der Waals surface area contributed by atoms with Crippen molar-refractivity contribution in [2.75, 3.05) is 5.75 Å². The Labute approximate surface area is 62.0 Å². The van der Waals surface area contributed by atoms with E-state index in [4.69, 9.17) is 5.73 Å². The molecule has 0 aliphatic carbocycles.